The summed E-state index contributed by atoms with van der Waals surface area (Å²) < 4.78 is 0. The lowest BCUT2D eigenvalue weighted by atomic mass is 10.0. The molecule has 1 unspecified atom stereocenters. The predicted octanol–water partition coefficient (Wildman–Crippen LogP) is 3.53. The van der Waals surface area contributed by atoms with Crippen molar-refractivity contribution in [1.29, 1.82) is 0 Å². The highest BCUT2D eigenvalue weighted by Gasteiger charge is 2.20. The van der Waals surface area contributed by atoms with Gasteiger partial charge in [0.1, 0.15) is 0 Å². The van der Waals surface area contributed by atoms with Crippen LogP contribution in [0.2, 0.25) is 5.02 Å². The SMILES string of the molecule is CCN(CC)C(CNC(=NC)NCCc1ccccn1)c1ccccc1Cl. The number of pyridine rings is 1. The summed E-state index contributed by atoms with van der Waals surface area (Å²) in [5.41, 5.74) is 2.21. The van der Waals surface area contributed by atoms with Crippen LogP contribution in [0, 0.1) is 0 Å². The Kier molecular flexibility index (Phi) is 9.08. The van der Waals surface area contributed by atoms with Crippen molar-refractivity contribution in [1.82, 2.24) is 20.5 Å². The van der Waals surface area contributed by atoms with E-state index in [1.165, 1.54) is 0 Å². The van der Waals surface area contributed by atoms with Crippen LogP contribution in [0.25, 0.3) is 0 Å². The summed E-state index contributed by atoms with van der Waals surface area (Å²) in [6.45, 7) is 7.77. The quantitative estimate of drug-likeness (QED) is 0.510. The molecule has 1 atom stereocenters. The third kappa shape index (κ3) is 6.52. The fourth-order valence-corrected chi connectivity index (χ4v) is 3.38. The maximum Gasteiger partial charge on any atom is 0.191 e. The van der Waals surface area contributed by atoms with Gasteiger partial charge in [-0.3, -0.25) is 14.9 Å². The van der Waals surface area contributed by atoms with Crippen LogP contribution in [-0.2, 0) is 6.42 Å². The molecule has 0 radical (unpaired) electrons. The van der Waals surface area contributed by atoms with Crippen LogP contribution in [0.1, 0.15) is 31.1 Å². The van der Waals surface area contributed by atoms with Gasteiger partial charge in [-0.15, -0.1) is 0 Å². The molecule has 1 heterocycles. The van der Waals surface area contributed by atoms with Crippen LogP contribution >= 0.6 is 11.6 Å². The molecule has 2 rings (SSSR count). The summed E-state index contributed by atoms with van der Waals surface area (Å²) in [6, 6.07) is 14.2. The predicted molar refractivity (Wildman–Crippen MR) is 114 cm³/mol. The van der Waals surface area contributed by atoms with E-state index in [1.807, 2.05) is 42.6 Å². The second-order valence-corrected chi connectivity index (χ2v) is 6.62. The van der Waals surface area contributed by atoms with Crippen LogP contribution in [0.5, 0.6) is 0 Å². The normalized spacial score (nSPS) is 12.9. The first-order chi connectivity index (χ1) is 13.2. The van der Waals surface area contributed by atoms with Gasteiger partial charge in [0.2, 0.25) is 0 Å². The molecule has 0 saturated carbocycles. The van der Waals surface area contributed by atoms with Gasteiger partial charge < -0.3 is 10.6 Å². The van der Waals surface area contributed by atoms with Gasteiger partial charge in [0, 0.05) is 43.5 Å². The Balaban J connectivity index is 1.96. The van der Waals surface area contributed by atoms with Crippen molar-refractivity contribution >= 4 is 17.6 Å². The number of halogens is 1. The second kappa shape index (κ2) is 11.6. The zero-order valence-electron chi connectivity index (χ0n) is 16.5. The number of benzene rings is 1. The lowest BCUT2D eigenvalue weighted by molar-refractivity contribution is 0.219. The monoisotopic (exact) mass is 387 g/mol. The first kappa shape index (κ1) is 21.2. The number of nitrogens with zero attached hydrogens (tertiary/aromatic N) is 3. The van der Waals surface area contributed by atoms with Crippen molar-refractivity contribution in [2.24, 2.45) is 4.99 Å². The maximum atomic E-state index is 6.47. The van der Waals surface area contributed by atoms with E-state index in [4.69, 9.17) is 11.6 Å². The van der Waals surface area contributed by atoms with Gasteiger partial charge in [-0.2, -0.15) is 0 Å². The van der Waals surface area contributed by atoms with E-state index >= 15 is 0 Å². The van der Waals surface area contributed by atoms with E-state index in [0.717, 1.165) is 54.8 Å². The highest BCUT2D eigenvalue weighted by molar-refractivity contribution is 6.31. The van der Waals surface area contributed by atoms with E-state index in [1.54, 1.807) is 7.05 Å². The Morgan fingerprint density at radius 2 is 1.85 bits per heavy atom. The Morgan fingerprint density at radius 1 is 1.11 bits per heavy atom. The van der Waals surface area contributed by atoms with Gasteiger partial charge in [-0.05, 0) is 36.9 Å². The average Bonchev–Trinajstić information content (AvgIpc) is 2.71. The van der Waals surface area contributed by atoms with Gasteiger partial charge in [-0.1, -0.05) is 49.7 Å². The molecule has 0 aliphatic rings. The van der Waals surface area contributed by atoms with E-state index in [0.29, 0.717) is 0 Å². The number of rotatable bonds is 9. The Hall–Kier alpha value is -2.11. The van der Waals surface area contributed by atoms with E-state index in [2.05, 4.69) is 45.4 Å². The molecule has 5 nitrogen and oxygen atoms in total. The minimum Gasteiger partial charge on any atom is -0.356 e. The third-order valence-electron chi connectivity index (χ3n) is 4.60. The van der Waals surface area contributed by atoms with Crippen molar-refractivity contribution in [3.8, 4) is 0 Å². The summed E-state index contributed by atoms with van der Waals surface area (Å²) >= 11 is 6.47. The molecule has 1 aromatic heterocycles. The molecule has 0 bridgehead atoms. The summed E-state index contributed by atoms with van der Waals surface area (Å²) in [5, 5.41) is 7.61. The van der Waals surface area contributed by atoms with Crippen molar-refractivity contribution in [3.63, 3.8) is 0 Å². The summed E-state index contributed by atoms with van der Waals surface area (Å²) in [4.78, 5) is 11.1. The van der Waals surface area contributed by atoms with E-state index in [9.17, 15) is 0 Å². The fourth-order valence-electron chi connectivity index (χ4n) is 3.11. The number of likely N-dealkylation sites (N-methyl/N-ethyl adjacent to an activating group) is 1. The molecule has 2 N–H and O–H groups in total. The van der Waals surface area contributed by atoms with Crippen LogP contribution in [-0.4, -0.2) is 49.1 Å². The highest BCUT2D eigenvalue weighted by Crippen LogP contribution is 2.26. The first-order valence-electron chi connectivity index (χ1n) is 9.52. The molecule has 0 fully saturated rings. The lowest BCUT2D eigenvalue weighted by Gasteiger charge is -2.31. The van der Waals surface area contributed by atoms with Crippen molar-refractivity contribution in [2.45, 2.75) is 26.3 Å². The zero-order chi connectivity index (χ0) is 19.5. The third-order valence-corrected chi connectivity index (χ3v) is 4.95. The number of aliphatic imine (C=N–C) groups is 1. The minimum atomic E-state index is 0.183. The van der Waals surface area contributed by atoms with Crippen molar-refractivity contribution < 1.29 is 0 Å². The molecule has 0 saturated heterocycles. The number of aromatic nitrogens is 1. The lowest BCUT2D eigenvalue weighted by Crippen LogP contribution is -2.43. The Bertz CT molecular complexity index is 701. The Morgan fingerprint density at radius 3 is 2.48 bits per heavy atom. The molecule has 6 heteroatoms. The largest absolute Gasteiger partial charge is 0.356 e. The smallest absolute Gasteiger partial charge is 0.191 e. The molecular weight excluding hydrogens is 358 g/mol. The summed E-state index contributed by atoms with van der Waals surface area (Å²) in [6.07, 6.45) is 2.67. The van der Waals surface area contributed by atoms with E-state index < -0.39 is 0 Å². The van der Waals surface area contributed by atoms with Gasteiger partial charge in [-0.25, -0.2) is 0 Å². The summed E-state index contributed by atoms with van der Waals surface area (Å²) in [5.74, 6) is 0.787. The van der Waals surface area contributed by atoms with Crippen LogP contribution in [0.3, 0.4) is 0 Å². The minimum absolute atomic E-state index is 0.183. The molecular formula is C21H30ClN5. The van der Waals surface area contributed by atoms with Crippen LogP contribution in [0.4, 0.5) is 0 Å². The number of hydrogen-bond acceptors (Lipinski definition) is 3. The molecule has 0 aliphatic heterocycles. The van der Waals surface area contributed by atoms with Gasteiger partial charge >= 0.3 is 0 Å². The molecule has 146 valence electrons. The molecule has 0 amide bonds. The van der Waals surface area contributed by atoms with Gasteiger partial charge in [0.05, 0.1) is 6.04 Å². The summed E-state index contributed by atoms with van der Waals surface area (Å²) in [7, 11) is 1.79. The molecule has 0 spiro atoms. The van der Waals surface area contributed by atoms with E-state index in [-0.39, 0.29) is 6.04 Å². The standard InChI is InChI=1S/C21H30ClN5/c1-4-27(5-2)20(18-11-6-7-12-19(18)22)16-26-21(23-3)25-15-13-17-10-8-9-14-24-17/h6-12,14,20H,4-5,13,15-16H2,1-3H3,(H2,23,25,26). The molecule has 27 heavy (non-hydrogen) atoms. The fraction of sp³-hybridized carbons (Fsp3) is 0.429. The number of nitrogens with one attached hydrogen (secondary N) is 2. The number of hydrogen-bond donors (Lipinski definition) is 2. The van der Waals surface area contributed by atoms with Gasteiger partial charge in [0.25, 0.3) is 0 Å². The first-order valence-corrected chi connectivity index (χ1v) is 9.90. The molecule has 2 aromatic rings. The maximum absolute atomic E-state index is 6.47. The molecule has 0 aliphatic carbocycles. The van der Waals surface area contributed by atoms with Crippen LogP contribution < -0.4 is 10.6 Å². The second-order valence-electron chi connectivity index (χ2n) is 6.21. The highest BCUT2D eigenvalue weighted by atomic mass is 35.5. The average molecular weight is 388 g/mol. The van der Waals surface area contributed by atoms with Crippen molar-refractivity contribution in [2.75, 3.05) is 33.2 Å². The van der Waals surface area contributed by atoms with Crippen molar-refractivity contribution in [3.05, 3.63) is 64.9 Å². The Labute approximate surface area is 167 Å². The molecule has 1 aromatic carbocycles. The van der Waals surface area contributed by atoms with Gasteiger partial charge in [0.15, 0.2) is 5.96 Å². The van der Waals surface area contributed by atoms with Crippen LogP contribution in [0.15, 0.2) is 53.7 Å². The number of guanidine groups is 1. The topological polar surface area (TPSA) is 52.5 Å². The zero-order valence-corrected chi connectivity index (χ0v) is 17.2.